The van der Waals surface area contributed by atoms with Gasteiger partial charge in [-0.1, -0.05) is 53.5 Å². The number of carbonyl (C=O) groups is 3. The van der Waals surface area contributed by atoms with Crippen LogP contribution in [0.5, 0.6) is 11.5 Å². The average Bonchev–Trinajstić information content (AvgIpc) is 2.92. The Kier molecular flexibility index (Phi) is 8.58. The van der Waals surface area contributed by atoms with Gasteiger partial charge in [0.05, 0.1) is 28.4 Å². The molecule has 0 saturated heterocycles. The highest BCUT2D eigenvalue weighted by molar-refractivity contribution is 6.43. The smallest absolute Gasteiger partial charge is 0.343 e. The van der Waals surface area contributed by atoms with Crippen LogP contribution in [0.1, 0.15) is 22.8 Å². The Bertz CT molecular complexity index is 1540. The van der Waals surface area contributed by atoms with E-state index in [2.05, 4.69) is 15.8 Å². The highest BCUT2D eigenvalue weighted by Crippen LogP contribution is 2.28. The van der Waals surface area contributed by atoms with E-state index in [1.54, 1.807) is 36.4 Å². The monoisotopic (exact) mass is 549 g/mol. The molecule has 0 aliphatic carbocycles. The van der Waals surface area contributed by atoms with Gasteiger partial charge in [-0.15, -0.1) is 0 Å². The van der Waals surface area contributed by atoms with E-state index in [0.29, 0.717) is 34.2 Å². The molecule has 0 aliphatic heterocycles. The molecule has 0 fully saturated rings. The Morgan fingerprint density at radius 1 is 0.895 bits per heavy atom. The third-order valence-corrected chi connectivity index (χ3v) is 6.02. The first-order valence-corrected chi connectivity index (χ1v) is 12.2. The van der Waals surface area contributed by atoms with Gasteiger partial charge in [0.25, 0.3) is 0 Å². The number of rotatable bonds is 7. The maximum absolute atomic E-state index is 12.8. The molecule has 4 aromatic carbocycles. The lowest BCUT2D eigenvalue weighted by atomic mass is 10.0. The number of hydrazone groups is 1. The molecular formula is C28H21Cl2N3O5. The first-order valence-electron chi connectivity index (χ1n) is 11.4. The second-order valence-electron chi connectivity index (χ2n) is 7.83. The number of esters is 1. The van der Waals surface area contributed by atoms with Crippen LogP contribution in [-0.2, 0) is 9.59 Å². The molecule has 0 unspecified atom stereocenters. The Labute approximate surface area is 228 Å². The zero-order valence-electron chi connectivity index (χ0n) is 20.0. The van der Waals surface area contributed by atoms with Crippen molar-refractivity contribution in [3.05, 3.63) is 100 Å². The largest absolute Gasteiger partial charge is 0.494 e. The predicted octanol–water partition coefficient (Wildman–Crippen LogP) is 5.85. The van der Waals surface area contributed by atoms with E-state index in [-0.39, 0.29) is 10.8 Å². The summed E-state index contributed by atoms with van der Waals surface area (Å²) in [5.41, 5.74) is 3.24. The van der Waals surface area contributed by atoms with Crippen molar-refractivity contribution in [2.45, 2.75) is 6.92 Å². The Hall–Kier alpha value is -4.40. The van der Waals surface area contributed by atoms with E-state index in [9.17, 15) is 14.4 Å². The van der Waals surface area contributed by atoms with E-state index < -0.39 is 17.8 Å². The summed E-state index contributed by atoms with van der Waals surface area (Å²) in [5, 5.41) is 8.45. The lowest BCUT2D eigenvalue weighted by Crippen LogP contribution is -2.32. The van der Waals surface area contributed by atoms with E-state index in [1.807, 2.05) is 31.2 Å². The number of anilines is 1. The van der Waals surface area contributed by atoms with Crippen LogP contribution in [0.2, 0.25) is 10.0 Å². The summed E-state index contributed by atoms with van der Waals surface area (Å²) in [5.74, 6) is -1.69. The normalized spacial score (nSPS) is 10.8. The summed E-state index contributed by atoms with van der Waals surface area (Å²) in [6, 6.07) is 21.8. The number of hydrogen-bond acceptors (Lipinski definition) is 6. The molecule has 8 nitrogen and oxygen atoms in total. The molecule has 38 heavy (non-hydrogen) atoms. The van der Waals surface area contributed by atoms with Crippen molar-refractivity contribution in [1.82, 2.24) is 5.43 Å². The molecule has 0 atom stereocenters. The van der Waals surface area contributed by atoms with Crippen LogP contribution < -0.4 is 20.2 Å². The molecule has 0 radical (unpaired) electrons. The molecule has 0 heterocycles. The van der Waals surface area contributed by atoms with Crippen LogP contribution >= 0.6 is 23.2 Å². The van der Waals surface area contributed by atoms with Crippen LogP contribution in [-0.4, -0.2) is 30.6 Å². The third-order valence-electron chi connectivity index (χ3n) is 5.28. The van der Waals surface area contributed by atoms with Crippen molar-refractivity contribution >= 4 is 63.7 Å². The second kappa shape index (κ2) is 12.2. The number of carbonyl (C=O) groups excluding carboxylic acids is 3. The van der Waals surface area contributed by atoms with Gasteiger partial charge in [0.1, 0.15) is 11.5 Å². The lowest BCUT2D eigenvalue weighted by Gasteiger charge is -2.11. The minimum atomic E-state index is -1.01. The lowest BCUT2D eigenvalue weighted by molar-refractivity contribution is -0.136. The third kappa shape index (κ3) is 6.47. The molecule has 0 aromatic heterocycles. The van der Waals surface area contributed by atoms with Gasteiger partial charge in [-0.2, -0.15) is 5.10 Å². The maximum Gasteiger partial charge on any atom is 0.343 e. The van der Waals surface area contributed by atoms with Gasteiger partial charge in [-0.3, -0.25) is 9.59 Å². The van der Waals surface area contributed by atoms with Crippen molar-refractivity contribution in [3.8, 4) is 11.5 Å². The molecule has 0 saturated carbocycles. The molecule has 2 N–H and O–H groups in total. The van der Waals surface area contributed by atoms with Crippen LogP contribution in [0, 0.1) is 0 Å². The van der Waals surface area contributed by atoms with Gasteiger partial charge in [-0.25, -0.2) is 10.2 Å². The van der Waals surface area contributed by atoms with Gasteiger partial charge < -0.3 is 14.8 Å². The summed E-state index contributed by atoms with van der Waals surface area (Å²) < 4.78 is 11.1. The fourth-order valence-corrected chi connectivity index (χ4v) is 3.78. The van der Waals surface area contributed by atoms with Crippen molar-refractivity contribution < 1.29 is 23.9 Å². The van der Waals surface area contributed by atoms with Crippen LogP contribution in [0.3, 0.4) is 0 Å². The van der Waals surface area contributed by atoms with Gasteiger partial charge in [0.15, 0.2) is 0 Å². The Morgan fingerprint density at radius 3 is 2.39 bits per heavy atom. The predicted molar refractivity (Wildman–Crippen MR) is 147 cm³/mol. The first kappa shape index (κ1) is 26.7. The number of nitrogens with zero attached hydrogens (tertiary/aromatic N) is 1. The molecule has 4 aromatic rings. The highest BCUT2D eigenvalue weighted by atomic mass is 35.5. The molecule has 0 spiro atoms. The van der Waals surface area contributed by atoms with E-state index in [4.69, 9.17) is 32.7 Å². The number of nitrogens with one attached hydrogen (secondary N) is 2. The summed E-state index contributed by atoms with van der Waals surface area (Å²) in [6.45, 7) is 2.38. The number of halogens is 2. The van der Waals surface area contributed by atoms with Crippen LogP contribution in [0.15, 0.2) is 84.0 Å². The van der Waals surface area contributed by atoms with Gasteiger partial charge >= 0.3 is 17.8 Å². The van der Waals surface area contributed by atoms with Crippen LogP contribution in [0.4, 0.5) is 5.69 Å². The molecule has 2 amide bonds. The number of fused-ring (bicyclic) bond motifs is 1. The minimum Gasteiger partial charge on any atom is -0.494 e. The van der Waals surface area contributed by atoms with Gasteiger partial charge in [0, 0.05) is 11.3 Å². The fourth-order valence-electron chi connectivity index (χ4n) is 3.48. The molecular weight excluding hydrogens is 529 g/mol. The zero-order valence-corrected chi connectivity index (χ0v) is 21.5. The summed E-state index contributed by atoms with van der Waals surface area (Å²) in [7, 11) is 0. The summed E-state index contributed by atoms with van der Waals surface area (Å²) in [6.07, 6.45) is 1.31. The number of amides is 2. The number of benzene rings is 4. The van der Waals surface area contributed by atoms with Crippen molar-refractivity contribution in [2.75, 3.05) is 11.9 Å². The summed E-state index contributed by atoms with van der Waals surface area (Å²) in [4.78, 5) is 37.3. The minimum absolute atomic E-state index is 0.223. The highest BCUT2D eigenvalue weighted by Gasteiger charge is 2.16. The van der Waals surface area contributed by atoms with Crippen molar-refractivity contribution in [1.29, 1.82) is 0 Å². The maximum atomic E-state index is 12.8. The number of hydrogen-bond donors (Lipinski definition) is 2. The molecule has 0 bridgehead atoms. The Balaban J connectivity index is 1.51. The topological polar surface area (TPSA) is 106 Å². The van der Waals surface area contributed by atoms with Crippen molar-refractivity contribution in [2.24, 2.45) is 5.10 Å². The fraction of sp³-hybridized carbons (Fsp3) is 0.0714. The van der Waals surface area contributed by atoms with E-state index in [0.717, 1.165) is 10.8 Å². The molecule has 192 valence electrons. The quantitative estimate of drug-likeness (QED) is 0.0987. The second-order valence-corrected chi connectivity index (χ2v) is 8.64. The van der Waals surface area contributed by atoms with Crippen LogP contribution in [0.25, 0.3) is 10.8 Å². The van der Waals surface area contributed by atoms with Gasteiger partial charge in [0.2, 0.25) is 0 Å². The Morgan fingerprint density at radius 2 is 1.66 bits per heavy atom. The SMILES string of the molecule is CCOc1ccc(C(=O)Oc2ccc3ccccc3c2/C=N\NC(=O)C(=O)Nc2ccc(Cl)c(Cl)c2)cc1. The molecule has 0 aliphatic rings. The van der Waals surface area contributed by atoms with Gasteiger partial charge in [-0.05, 0) is 66.2 Å². The standard InChI is InChI=1S/C28H21Cl2N3O5/c1-2-37-20-11-7-18(8-12-20)28(36)38-25-14-9-17-5-3-4-6-21(17)22(25)16-31-33-27(35)26(34)32-19-10-13-23(29)24(30)15-19/h3-16H,2H2,1H3,(H,32,34)(H,33,35)/b31-16-. The first-order chi connectivity index (χ1) is 18.4. The van der Waals surface area contributed by atoms with E-state index >= 15 is 0 Å². The van der Waals surface area contributed by atoms with E-state index in [1.165, 1.54) is 24.4 Å². The average molecular weight is 550 g/mol. The number of ether oxygens (including phenoxy) is 2. The molecule has 4 rings (SSSR count). The molecule has 10 heteroatoms. The van der Waals surface area contributed by atoms with Crippen molar-refractivity contribution in [3.63, 3.8) is 0 Å². The zero-order chi connectivity index (χ0) is 27.1. The summed E-state index contributed by atoms with van der Waals surface area (Å²) >= 11 is 11.8.